The van der Waals surface area contributed by atoms with Crippen molar-refractivity contribution in [3.8, 4) is 5.75 Å². The predicted molar refractivity (Wildman–Crippen MR) is 85.2 cm³/mol. The van der Waals surface area contributed by atoms with Crippen molar-refractivity contribution in [2.75, 3.05) is 6.61 Å². The van der Waals surface area contributed by atoms with E-state index in [1.165, 1.54) is 24.3 Å². The van der Waals surface area contributed by atoms with Gasteiger partial charge in [-0.1, -0.05) is 12.8 Å². The maximum Gasteiger partial charge on any atom is 0.287 e. The van der Waals surface area contributed by atoms with Crippen LogP contribution in [0.15, 0.2) is 40.8 Å². The van der Waals surface area contributed by atoms with Crippen LogP contribution in [0.25, 0.3) is 0 Å². The lowest BCUT2D eigenvalue weighted by Crippen LogP contribution is -2.49. The summed E-state index contributed by atoms with van der Waals surface area (Å²) in [5.74, 6) is 0.536. The lowest BCUT2D eigenvalue weighted by molar-refractivity contribution is 0.0807. The predicted octanol–water partition coefficient (Wildman–Crippen LogP) is 3.03. The maximum absolute atomic E-state index is 12.8. The minimum atomic E-state index is -0.533. The second-order valence-electron chi connectivity index (χ2n) is 6.11. The highest BCUT2D eigenvalue weighted by atomic mass is 19.1. The number of nitrogens with one attached hydrogen (secondary N) is 1. The fourth-order valence-corrected chi connectivity index (χ4v) is 2.94. The number of aliphatic hydroxyl groups excluding tert-OH is 1. The van der Waals surface area contributed by atoms with Gasteiger partial charge in [-0.3, -0.25) is 4.79 Å². The third-order valence-corrected chi connectivity index (χ3v) is 4.32. The minimum absolute atomic E-state index is 0.0695. The Kier molecular flexibility index (Phi) is 4.85. The largest absolute Gasteiger partial charge is 0.486 e. The van der Waals surface area contributed by atoms with Gasteiger partial charge in [0.05, 0.1) is 12.1 Å². The van der Waals surface area contributed by atoms with Crippen molar-refractivity contribution < 1.29 is 23.4 Å². The number of carbonyl (C=O) groups excluding carboxylic acids is 1. The van der Waals surface area contributed by atoms with Crippen LogP contribution >= 0.6 is 0 Å². The number of benzene rings is 1. The average molecular weight is 333 g/mol. The Hall–Kier alpha value is -2.34. The number of halogens is 1. The van der Waals surface area contributed by atoms with Gasteiger partial charge in [-0.05, 0) is 49.2 Å². The highest BCUT2D eigenvalue weighted by molar-refractivity contribution is 5.92. The summed E-state index contributed by atoms with van der Waals surface area (Å²) in [6.07, 6.45) is 3.54. The van der Waals surface area contributed by atoms with Gasteiger partial charge < -0.3 is 19.6 Å². The van der Waals surface area contributed by atoms with Crippen LogP contribution in [0.3, 0.4) is 0 Å². The topological polar surface area (TPSA) is 71.7 Å². The summed E-state index contributed by atoms with van der Waals surface area (Å²) >= 11 is 0. The van der Waals surface area contributed by atoms with Crippen molar-refractivity contribution in [3.05, 3.63) is 53.7 Å². The van der Waals surface area contributed by atoms with E-state index in [1.54, 1.807) is 12.1 Å². The molecular formula is C18H20FNO4. The number of aliphatic hydroxyl groups is 1. The standard InChI is InChI=1S/C18H20FNO4/c19-13-3-5-14(6-4-13)23-11-15-7-8-16(24-15)17(22)20-18(12-21)9-1-2-10-18/h3-8,21H,1-2,9-12H2,(H,20,22). The third kappa shape index (κ3) is 3.76. The first-order valence-corrected chi connectivity index (χ1v) is 8.01. The van der Waals surface area contributed by atoms with E-state index in [4.69, 9.17) is 9.15 Å². The molecule has 2 aromatic rings. The summed E-state index contributed by atoms with van der Waals surface area (Å²) in [7, 11) is 0. The van der Waals surface area contributed by atoms with E-state index in [-0.39, 0.29) is 30.7 Å². The molecule has 0 saturated heterocycles. The summed E-state index contributed by atoms with van der Waals surface area (Å²) in [5.41, 5.74) is -0.533. The first-order chi connectivity index (χ1) is 11.6. The van der Waals surface area contributed by atoms with Crippen LogP contribution in [0.2, 0.25) is 0 Å². The summed E-state index contributed by atoms with van der Waals surface area (Å²) < 4.78 is 23.8. The lowest BCUT2D eigenvalue weighted by atomic mass is 9.99. The molecule has 1 aromatic carbocycles. The number of ether oxygens (including phenoxy) is 1. The highest BCUT2D eigenvalue weighted by Gasteiger charge is 2.35. The molecule has 1 aliphatic carbocycles. The molecule has 1 heterocycles. The number of hydrogen-bond acceptors (Lipinski definition) is 4. The van der Waals surface area contributed by atoms with E-state index < -0.39 is 5.54 Å². The van der Waals surface area contributed by atoms with Crippen molar-refractivity contribution >= 4 is 5.91 Å². The van der Waals surface area contributed by atoms with Crippen LogP contribution in [-0.2, 0) is 6.61 Å². The Balaban J connectivity index is 1.58. The summed E-state index contributed by atoms with van der Waals surface area (Å²) in [6.45, 7) is 0.0735. The molecule has 0 radical (unpaired) electrons. The molecule has 1 fully saturated rings. The smallest absolute Gasteiger partial charge is 0.287 e. The van der Waals surface area contributed by atoms with Gasteiger partial charge in [0.2, 0.25) is 0 Å². The van der Waals surface area contributed by atoms with Crippen LogP contribution < -0.4 is 10.1 Å². The Labute approximate surface area is 139 Å². The van der Waals surface area contributed by atoms with Crippen molar-refractivity contribution in [3.63, 3.8) is 0 Å². The van der Waals surface area contributed by atoms with E-state index in [0.717, 1.165) is 25.7 Å². The zero-order valence-corrected chi connectivity index (χ0v) is 13.3. The monoisotopic (exact) mass is 333 g/mol. The second kappa shape index (κ2) is 7.05. The highest BCUT2D eigenvalue weighted by Crippen LogP contribution is 2.29. The Morgan fingerprint density at radius 3 is 2.58 bits per heavy atom. The molecule has 2 N–H and O–H groups in total. The van der Waals surface area contributed by atoms with E-state index in [2.05, 4.69) is 5.32 Å². The SMILES string of the molecule is O=C(NC1(CO)CCCC1)c1ccc(COc2ccc(F)cc2)o1. The van der Waals surface area contributed by atoms with Crippen molar-refractivity contribution in [1.29, 1.82) is 0 Å². The minimum Gasteiger partial charge on any atom is -0.486 e. The van der Waals surface area contributed by atoms with Gasteiger partial charge in [-0.2, -0.15) is 0 Å². The van der Waals surface area contributed by atoms with Crippen LogP contribution in [0, 0.1) is 5.82 Å². The van der Waals surface area contributed by atoms with Crippen LogP contribution in [0.4, 0.5) is 4.39 Å². The molecule has 6 heteroatoms. The quantitative estimate of drug-likeness (QED) is 0.852. The van der Waals surface area contributed by atoms with Gasteiger partial charge in [0.15, 0.2) is 5.76 Å². The normalized spacial score (nSPS) is 16.1. The van der Waals surface area contributed by atoms with E-state index in [9.17, 15) is 14.3 Å². The molecule has 5 nitrogen and oxygen atoms in total. The Bertz CT molecular complexity index is 689. The molecule has 0 atom stereocenters. The molecule has 0 spiro atoms. The van der Waals surface area contributed by atoms with E-state index >= 15 is 0 Å². The average Bonchev–Trinajstić information content (AvgIpc) is 3.24. The van der Waals surface area contributed by atoms with Gasteiger partial charge in [0.1, 0.15) is 23.9 Å². The number of hydrogen-bond donors (Lipinski definition) is 2. The summed E-state index contributed by atoms with van der Waals surface area (Å²) in [6, 6.07) is 8.92. The molecule has 1 aliphatic rings. The molecular weight excluding hydrogens is 313 g/mol. The van der Waals surface area contributed by atoms with Gasteiger partial charge in [-0.25, -0.2) is 4.39 Å². The summed E-state index contributed by atoms with van der Waals surface area (Å²) in [5, 5.41) is 12.4. The maximum atomic E-state index is 12.8. The van der Waals surface area contributed by atoms with Gasteiger partial charge in [0.25, 0.3) is 5.91 Å². The number of rotatable bonds is 6. The van der Waals surface area contributed by atoms with Crippen LogP contribution in [0.5, 0.6) is 5.75 Å². The first-order valence-electron chi connectivity index (χ1n) is 8.01. The van der Waals surface area contributed by atoms with Gasteiger partial charge in [0, 0.05) is 0 Å². The van der Waals surface area contributed by atoms with E-state index in [1.807, 2.05) is 0 Å². The van der Waals surface area contributed by atoms with Crippen LogP contribution in [-0.4, -0.2) is 23.2 Å². The molecule has 24 heavy (non-hydrogen) atoms. The third-order valence-electron chi connectivity index (χ3n) is 4.32. The molecule has 0 unspecified atom stereocenters. The molecule has 0 aliphatic heterocycles. The Morgan fingerprint density at radius 2 is 1.92 bits per heavy atom. The van der Waals surface area contributed by atoms with Crippen molar-refractivity contribution in [2.24, 2.45) is 0 Å². The molecule has 0 bridgehead atoms. The zero-order chi connectivity index (χ0) is 17.0. The van der Waals surface area contributed by atoms with E-state index in [0.29, 0.717) is 11.5 Å². The second-order valence-corrected chi connectivity index (χ2v) is 6.11. The fourth-order valence-electron chi connectivity index (χ4n) is 2.94. The molecule has 1 amide bonds. The molecule has 3 rings (SSSR count). The fraction of sp³-hybridized carbons (Fsp3) is 0.389. The molecule has 1 aromatic heterocycles. The number of furan rings is 1. The molecule has 1 saturated carbocycles. The van der Waals surface area contributed by atoms with Crippen LogP contribution in [0.1, 0.15) is 42.0 Å². The van der Waals surface area contributed by atoms with Gasteiger partial charge >= 0.3 is 0 Å². The first kappa shape index (κ1) is 16.5. The van der Waals surface area contributed by atoms with Gasteiger partial charge in [-0.15, -0.1) is 0 Å². The number of amides is 1. The number of carbonyl (C=O) groups is 1. The van der Waals surface area contributed by atoms with Crippen molar-refractivity contribution in [2.45, 2.75) is 37.8 Å². The Morgan fingerprint density at radius 1 is 1.21 bits per heavy atom. The molecule has 128 valence electrons. The zero-order valence-electron chi connectivity index (χ0n) is 13.3. The lowest BCUT2D eigenvalue weighted by Gasteiger charge is -2.27. The summed E-state index contributed by atoms with van der Waals surface area (Å²) in [4.78, 5) is 12.3. The van der Waals surface area contributed by atoms with Crippen molar-refractivity contribution in [1.82, 2.24) is 5.32 Å².